The van der Waals surface area contributed by atoms with Gasteiger partial charge in [-0.3, -0.25) is 0 Å². The van der Waals surface area contributed by atoms with E-state index in [4.69, 9.17) is 0 Å². The Morgan fingerprint density at radius 1 is 1.05 bits per heavy atom. The van der Waals surface area contributed by atoms with Crippen LogP contribution in [0.15, 0.2) is 18.5 Å². The second-order valence-corrected chi connectivity index (χ2v) is 6.58. The average Bonchev–Trinajstić information content (AvgIpc) is 2.29. The van der Waals surface area contributed by atoms with Gasteiger partial charge in [-0.15, -0.1) is 0 Å². The number of hydrogen-bond donors (Lipinski definition) is 0. The summed E-state index contributed by atoms with van der Waals surface area (Å²) in [5.74, 6) is 0. The summed E-state index contributed by atoms with van der Waals surface area (Å²) in [6, 6.07) is 4.56. The zero-order chi connectivity index (χ0) is 14.0. The maximum Gasteiger partial charge on any atom is 0.116 e. The van der Waals surface area contributed by atoms with Crippen molar-refractivity contribution in [2.75, 3.05) is 0 Å². The van der Waals surface area contributed by atoms with E-state index >= 15 is 0 Å². The average molecular weight is 256 g/mol. The molecule has 0 spiro atoms. The Morgan fingerprint density at radius 3 is 2.42 bits per heavy atom. The molecular formula is C17H24N2. The number of aryl methyl sites for hydroxylation is 2. The predicted molar refractivity (Wildman–Crippen MR) is 81.4 cm³/mol. The van der Waals surface area contributed by atoms with Crippen molar-refractivity contribution in [2.24, 2.45) is 5.41 Å². The molecule has 0 aliphatic heterocycles. The van der Waals surface area contributed by atoms with Crippen LogP contribution in [-0.2, 0) is 12.8 Å². The van der Waals surface area contributed by atoms with Crippen molar-refractivity contribution in [1.29, 1.82) is 0 Å². The third-order valence-electron chi connectivity index (χ3n) is 3.40. The van der Waals surface area contributed by atoms with E-state index in [0.29, 0.717) is 5.41 Å². The first-order valence-electron chi connectivity index (χ1n) is 7.14. The van der Waals surface area contributed by atoms with Crippen molar-refractivity contribution in [1.82, 2.24) is 9.97 Å². The van der Waals surface area contributed by atoms with Gasteiger partial charge in [0.15, 0.2) is 0 Å². The van der Waals surface area contributed by atoms with Crippen LogP contribution in [0.5, 0.6) is 0 Å². The van der Waals surface area contributed by atoms with Crippen LogP contribution < -0.4 is 0 Å². The number of hydrogen-bond acceptors (Lipinski definition) is 2. The van der Waals surface area contributed by atoms with Crippen molar-refractivity contribution < 1.29 is 0 Å². The van der Waals surface area contributed by atoms with E-state index in [1.807, 2.05) is 0 Å². The molecular weight excluding hydrogens is 232 g/mol. The molecule has 1 aromatic carbocycles. The first-order chi connectivity index (χ1) is 8.90. The Morgan fingerprint density at radius 2 is 1.79 bits per heavy atom. The lowest BCUT2D eigenvalue weighted by atomic mass is 9.85. The van der Waals surface area contributed by atoms with Gasteiger partial charge in [-0.05, 0) is 48.4 Å². The summed E-state index contributed by atoms with van der Waals surface area (Å²) >= 11 is 0. The van der Waals surface area contributed by atoms with Crippen molar-refractivity contribution in [3.8, 4) is 0 Å². The summed E-state index contributed by atoms with van der Waals surface area (Å²) in [7, 11) is 0. The molecule has 2 heteroatoms. The zero-order valence-corrected chi connectivity index (χ0v) is 12.7. The zero-order valence-electron chi connectivity index (χ0n) is 12.7. The van der Waals surface area contributed by atoms with Crippen molar-refractivity contribution in [2.45, 2.75) is 53.9 Å². The third-order valence-corrected chi connectivity index (χ3v) is 3.40. The number of aromatic nitrogens is 2. The molecule has 0 atom stereocenters. The van der Waals surface area contributed by atoms with Gasteiger partial charge >= 0.3 is 0 Å². The van der Waals surface area contributed by atoms with Gasteiger partial charge in [0.1, 0.15) is 6.33 Å². The molecule has 0 radical (unpaired) electrons. The van der Waals surface area contributed by atoms with Gasteiger partial charge in [0.05, 0.1) is 5.52 Å². The summed E-state index contributed by atoms with van der Waals surface area (Å²) in [4.78, 5) is 8.72. The minimum atomic E-state index is 0.304. The monoisotopic (exact) mass is 256 g/mol. The molecule has 0 saturated carbocycles. The number of fused-ring (bicyclic) bond motifs is 1. The summed E-state index contributed by atoms with van der Waals surface area (Å²) in [6.45, 7) is 11.2. The quantitative estimate of drug-likeness (QED) is 0.809. The molecule has 0 aliphatic rings. The predicted octanol–water partition coefficient (Wildman–Crippen LogP) is 4.48. The molecule has 2 rings (SSSR count). The van der Waals surface area contributed by atoms with Gasteiger partial charge in [-0.1, -0.05) is 34.1 Å². The van der Waals surface area contributed by atoms with E-state index in [0.717, 1.165) is 24.1 Å². The highest BCUT2D eigenvalue weighted by Gasteiger charge is 2.15. The molecule has 0 fully saturated rings. The number of benzene rings is 1. The molecule has 2 nitrogen and oxygen atoms in total. The van der Waals surface area contributed by atoms with Crippen molar-refractivity contribution in [3.05, 3.63) is 35.3 Å². The lowest BCUT2D eigenvalue weighted by Gasteiger charge is -2.21. The van der Waals surface area contributed by atoms with Crippen LogP contribution in [0.1, 0.15) is 50.9 Å². The summed E-state index contributed by atoms with van der Waals surface area (Å²) < 4.78 is 0. The molecule has 2 aromatic rings. The first-order valence-corrected chi connectivity index (χ1v) is 7.14. The second kappa shape index (κ2) is 5.28. The van der Waals surface area contributed by atoms with Gasteiger partial charge in [-0.2, -0.15) is 0 Å². The van der Waals surface area contributed by atoms with Crippen LogP contribution in [0, 0.1) is 12.3 Å². The Bertz CT molecular complexity index is 580. The molecule has 102 valence electrons. The van der Waals surface area contributed by atoms with E-state index in [1.165, 1.54) is 22.9 Å². The Labute approximate surface area is 116 Å². The molecule has 0 bridgehead atoms. The highest BCUT2D eigenvalue weighted by Crippen LogP contribution is 2.27. The molecule has 0 aliphatic carbocycles. The van der Waals surface area contributed by atoms with Crippen LogP contribution in [0.2, 0.25) is 0 Å². The highest BCUT2D eigenvalue weighted by atomic mass is 14.8. The van der Waals surface area contributed by atoms with Crippen LogP contribution in [0.3, 0.4) is 0 Å². The standard InChI is InChI=1S/C17H24N2/c1-6-7-13-8-15-12(2)18-11-19-16(15)9-14(13)10-17(3,4)5/h8-9,11H,6-7,10H2,1-5H3. The molecule has 0 amide bonds. The SMILES string of the molecule is CCCc1cc2c(C)ncnc2cc1CC(C)(C)C. The van der Waals surface area contributed by atoms with E-state index in [2.05, 4.69) is 56.7 Å². The largest absolute Gasteiger partial charge is 0.241 e. The second-order valence-electron chi connectivity index (χ2n) is 6.58. The summed E-state index contributed by atoms with van der Waals surface area (Å²) in [5, 5.41) is 1.20. The van der Waals surface area contributed by atoms with Crippen LogP contribution in [0.4, 0.5) is 0 Å². The lowest BCUT2D eigenvalue weighted by molar-refractivity contribution is 0.410. The van der Waals surface area contributed by atoms with E-state index in [-0.39, 0.29) is 0 Å². The molecule has 19 heavy (non-hydrogen) atoms. The van der Waals surface area contributed by atoms with Gasteiger partial charge < -0.3 is 0 Å². The van der Waals surface area contributed by atoms with Crippen molar-refractivity contribution in [3.63, 3.8) is 0 Å². The maximum atomic E-state index is 4.42. The fourth-order valence-corrected chi connectivity index (χ4v) is 2.56. The van der Waals surface area contributed by atoms with Gasteiger partial charge in [0.2, 0.25) is 0 Å². The fourth-order valence-electron chi connectivity index (χ4n) is 2.56. The number of nitrogens with zero attached hydrogens (tertiary/aromatic N) is 2. The van der Waals surface area contributed by atoms with Gasteiger partial charge in [0, 0.05) is 11.1 Å². The third kappa shape index (κ3) is 3.31. The molecule has 1 heterocycles. The van der Waals surface area contributed by atoms with Crippen LogP contribution in [-0.4, -0.2) is 9.97 Å². The topological polar surface area (TPSA) is 25.8 Å². The molecule has 1 aromatic heterocycles. The van der Waals surface area contributed by atoms with Crippen LogP contribution in [0.25, 0.3) is 10.9 Å². The van der Waals surface area contributed by atoms with E-state index in [1.54, 1.807) is 6.33 Å². The molecule has 0 unspecified atom stereocenters. The maximum absolute atomic E-state index is 4.42. The summed E-state index contributed by atoms with van der Waals surface area (Å²) in [6.07, 6.45) is 5.07. The Hall–Kier alpha value is -1.44. The fraction of sp³-hybridized carbons (Fsp3) is 0.529. The molecule has 0 saturated heterocycles. The molecule has 0 N–H and O–H groups in total. The van der Waals surface area contributed by atoms with E-state index in [9.17, 15) is 0 Å². The van der Waals surface area contributed by atoms with Gasteiger partial charge in [-0.25, -0.2) is 9.97 Å². The highest BCUT2D eigenvalue weighted by molar-refractivity contribution is 5.82. The minimum absolute atomic E-state index is 0.304. The normalized spacial score (nSPS) is 12.1. The Balaban J connectivity index is 2.57. The minimum Gasteiger partial charge on any atom is -0.241 e. The lowest BCUT2D eigenvalue weighted by Crippen LogP contribution is -2.11. The van der Waals surface area contributed by atoms with Gasteiger partial charge in [0.25, 0.3) is 0 Å². The number of rotatable bonds is 3. The smallest absolute Gasteiger partial charge is 0.116 e. The van der Waals surface area contributed by atoms with E-state index < -0.39 is 0 Å². The summed E-state index contributed by atoms with van der Waals surface area (Å²) in [5.41, 5.74) is 5.36. The van der Waals surface area contributed by atoms with Crippen molar-refractivity contribution >= 4 is 10.9 Å². The Kier molecular flexibility index (Phi) is 3.88. The first kappa shape index (κ1) is 14.0. The van der Waals surface area contributed by atoms with Crippen LogP contribution >= 0.6 is 0 Å².